The summed E-state index contributed by atoms with van der Waals surface area (Å²) in [6, 6.07) is 12.8. The molecule has 0 unspecified atom stereocenters. The number of methoxy groups -OCH3 is 1. The van der Waals surface area contributed by atoms with Crippen molar-refractivity contribution in [3.05, 3.63) is 53.8 Å². The lowest BCUT2D eigenvalue weighted by Crippen LogP contribution is -2.14. The number of hydrogen-bond acceptors (Lipinski definition) is 3. The first-order chi connectivity index (χ1) is 10.1. The Morgan fingerprint density at radius 2 is 1.95 bits per heavy atom. The highest BCUT2D eigenvalue weighted by Crippen LogP contribution is 2.28. The Hall–Kier alpha value is -2.07. The number of benzene rings is 2. The minimum atomic E-state index is -0.227. The molecule has 2 rings (SSSR count). The van der Waals surface area contributed by atoms with E-state index in [0.717, 1.165) is 29.2 Å². The van der Waals surface area contributed by atoms with E-state index in [4.69, 9.17) is 4.74 Å². The van der Waals surface area contributed by atoms with Crippen molar-refractivity contribution < 1.29 is 9.13 Å². The van der Waals surface area contributed by atoms with Gasteiger partial charge < -0.3 is 15.0 Å². The normalized spacial score (nSPS) is 10.5. The van der Waals surface area contributed by atoms with E-state index in [9.17, 15) is 4.39 Å². The van der Waals surface area contributed by atoms with Gasteiger partial charge in [-0.1, -0.05) is 13.0 Å². The third kappa shape index (κ3) is 3.95. The average molecular weight is 288 g/mol. The van der Waals surface area contributed by atoms with Gasteiger partial charge in [-0.2, -0.15) is 0 Å². The molecule has 0 aromatic heterocycles. The van der Waals surface area contributed by atoms with E-state index in [1.165, 1.54) is 6.07 Å². The molecule has 3 nitrogen and oxygen atoms in total. The summed E-state index contributed by atoms with van der Waals surface area (Å²) in [6.45, 7) is 3.55. The molecule has 4 heteroatoms. The van der Waals surface area contributed by atoms with E-state index in [2.05, 4.69) is 5.32 Å². The molecule has 2 aromatic carbocycles. The van der Waals surface area contributed by atoms with E-state index in [0.29, 0.717) is 6.54 Å². The van der Waals surface area contributed by atoms with Crippen LogP contribution in [0.2, 0.25) is 0 Å². The molecule has 0 saturated carbocycles. The molecule has 0 aliphatic rings. The highest BCUT2D eigenvalue weighted by Gasteiger charge is 2.08. The van der Waals surface area contributed by atoms with Gasteiger partial charge in [-0.25, -0.2) is 4.39 Å². The second-order valence-corrected chi connectivity index (χ2v) is 4.86. The van der Waals surface area contributed by atoms with Crippen LogP contribution in [0.5, 0.6) is 5.75 Å². The van der Waals surface area contributed by atoms with Gasteiger partial charge in [-0.15, -0.1) is 0 Å². The first-order valence-corrected chi connectivity index (χ1v) is 7.02. The minimum Gasteiger partial charge on any atom is -0.497 e. The smallest absolute Gasteiger partial charge is 0.125 e. The number of rotatable bonds is 6. The Kier molecular flexibility index (Phi) is 5.17. The van der Waals surface area contributed by atoms with Crippen LogP contribution in [-0.2, 0) is 6.54 Å². The van der Waals surface area contributed by atoms with Crippen molar-refractivity contribution in [1.29, 1.82) is 0 Å². The van der Waals surface area contributed by atoms with Crippen LogP contribution in [0.3, 0.4) is 0 Å². The molecular weight excluding hydrogens is 267 g/mol. The standard InChI is InChI=1S/C17H21FN2O/c1-4-19-12-13-8-14(18)10-16(9-13)20(2)15-6-5-7-17(11-15)21-3/h5-11,19H,4,12H2,1-3H3. The lowest BCUT2D eigenvalue weighted by molar-refractivity contribution is 0.415. The van der Waals surface area contributed by atoms with Crippen molar-refractivity contribution in [1.82, 2.24) is 5.32 Å². The van der Waals surface area contributed by atoms with Crippen molar-refractivity contribution in [2.24, 2.45) is 0 Å². The van der Waals surface area contributed by atoms with E-state index in [1.54, 1.807) is 13.2 Å². The molecular formula is C17H21FN2O. The van der Waals surface area contributed by atoms with E-state index >= 15 is 0 Å². The van der Waals surface area contributed by atoms with Gasteiger partial charge >= 0.3 is 0 Å². The van der Waals surface area contributed by atoms with Crippen LogP contribution in [-0.4, -0.2) is 20.7 Å². The molecule has 112 valence electrons. The molecule has 1 N–H and O–H groups in total. The first kappa shape index (κ1) is 15.3. The Balaban J connectivity index is 2.28. The number of anilines is 2. The largest absolute Gasteiger partial charge is 0.497 e. The Morgan fingerprint density at radius 1 is 1.14 bits per heavy atom. The maximum atomic E-state index is 13.8. The van der Waals surface area contributed by atoms with Crippen LogP contribution in [0.1, 0.15) is 12.5 Å². The van der Waals surface area contributed by atoms with E-state index in [-0.39, 0.29) is 5.82 Å². The molecule has 0 amide bonds. The Labute approximate surface area is 125 Å². The summed E-state index contributed by atoms with van der Waals surface area (Å²) in [7, 11) is 3.55. The number of nitrogens with one attached hydrogen (secondary N) is 1. The van der Waals surface area contributed by atoms with Gasteiger partial charge in [0.1, 0.15) is 11.6 Å². The van der Waals surface area contributed by atoms with Crippen LogP contribution in [0.4, 0.5) is 15.8 Å². The van der Waals surface area contributed by atoms with Crippen molar-refractivity contribution in [3.63, 3.8) is 0 Å². The molecule has 0 aliphatic heterocycles. The van der Waals surface area contributed by atoms with Gasteiger partial charge in [0.15, 0.2) is 0 Å². The van der Waals surface area contributed by atoms with E-state index in [1.807, 2.05) is 49.2 Å². The Bertz CT molecular complexity index is 601. The van der Waals surface area contributed by atoms with Crippen molar-refractivity contribution >= 4 is 11.4 Å². The third-order valence-electron chi connectivity index (χ3n) is 3.35. The van der Waals surface area contributed by atoms with Crippen molar-refractivity contribution in [3.8, 4) is 5.75 Å². The summed E-state index contributed by atoms with van der Waals surface area (Å²) >= 11 is 0. The van der Waals surface area contributed by atoms with Crippen LogP contribution >= 0.6 is 0 Å². The predicted octanol–water partition coefficient (Wildman–Crippen LogP) is 3.71. The molecule has 21 heavy (non-hydrogen) atoms. The Morgan fingerprint density at radius 3 is 2.67 bits per heavy atom. The lowest BCUT2D eigenvalue weighted by Gasteiger charge is -2.21. The molecule has 2 aromatic rings. The van der Waals surface area contributed by atoms with Crippen molar-refractivity contribution in [2.45, 2.75) is 13.5 Å². The van der Waals surface area contributed by atoms with Gasteiger partial charge in [0.05, 0.1) is 7.11 Å². The summed E-state index contributed by atoms with van der Waals surface area (Å²) < 4.78 is 19.0. The molecule has 0 saturated heterocycles. The van der Waals surface area contributed by atoms with Crippen LogP contribution < -0.4 is 15.0 Å². The SMILES string of the molecule is CCNCc1cc(F)cc(N(C)c2cccc(OC)c2)c1. The van der Waals surface area contributed by atoms with Crippen LogP contribution in [0.25, 0.3) is 0 Å². The molecule has 0 fully saturated rings. The summed E-state index contributed by atoms with van der Waals surface area (Å²) in [5, 5.41) is 3.21. The predicted molar refractivity (Wildman–Crippen MR) is 84.8 cm³/mol. The molecule has 0 bridgehead atoms. The fourth-order valence-electron chi connectivity index (χ4n) is 2.17. The number of hydrogen-bond donors (Lipinski definition) is 1. The zero-order valence-corrected chi connectivity index (χ0v) is 12.7. The molecule has 0 heterocycles. The monoisotopic (exact) mass is 288 g/mol. The summed E-state index contributed by atoms with van der Waals surface area (Å²) in [6.07, 6.45) is 0. The second kappa shape index (κ2) is 7.09. The molecule has 0 spiro atoms. The summed E-state index contributed by atoms with van der Waals surface area (Å²) in [4.78, 5) is 1.95. The van der Waals surface area contributed by atoms with Crippen LogP contribution in [0, 0.1) is 5.82 Å². The second-order valence-electron chi connectivity index (χ2n) is 4.86. The average Bonchev–Trinajstić information content (AvgIpc) is 2.51. The number of halogens is 1. The van der Waals surface area contributed by atoms with Crippen molar-refractivity contribution in [2.75, 3.05) is 25.6 Å². The van der Waals surface area contributed by atoms with E-state index < -0.39 is 0 Å². The quantitative estimate of drug-likeness (QED) is 0.877. The topological polar surface area (TPSA) is 24.5 Å². The van der Waals surface area contributed by atoms with Gasteiger partial charge in [0, 0.05) is 31.0 Å². The fourth-order valence-corrected chi connectivity index (χ4v) is 2.17. The fraction of sp³-hybridized carbons (Fsp3) is 0.294. The maximum absolute atomic E-state index is 13.8. The molecule has 0 aliphatic carbocycles. The molecule has 0 radical (unpaired) electrons. The molecule has 0 atom stereocenters. The van der Waals surface area contributed by atoms with Gasteiger partial charge in [0.2, 0.25) is 0 Å². The van der Waals surface area contributed by atoms with Gasteiger partial charge in [0.25, 0.3) is 0 Å². The minimum absolute atomic E-state index is 0.227. The van der Waals surface area contributed by atoms with Gasteiger partial charge in [-0.05, 0) is 42.4 Å². The maximum Gasteiger partial charge on any atom is 0.125 e. The van der Waals surface area contributed by atoms with Gasteiger partial charge in [-0.3, -0.25) is 0 Å². The zero-order chi connectivity index (χ0) is 15.2. The zero-order valence-electron chi connectivity index (χ0n) is 12.7. The van der Waals surface area contributed by atoms with Crippen LogP contribution in [0.15, 0.2) is 42.5 Å². The highest BCUT2D eigenvalue weighted by atomic mass is 19.1. The summed E-state index contributed by atoms with van der Waals surface area (Å²) in [5.41, 5.74) is 2.70. The lowest BCUT2D eigenvalue weighted by atomic mass is 10.1. The number of ether oxygens (including phenoxy) is 1. The summed E-state index contributed by atoms with van der Waals surface area (Å²) in [5.74, 6) is 0.554. The third-order valence-corrected chi connectivity index (χ3v) is 3.35. The number of nitrogens with zero attached hydrogens (tertiary/aromatic N) is 1. The first-order valence-electron chi connectivity index (χ1n) is 7.02. The highest BCUT2D eigenvalue weighted by molar-refractivity contribution is 5.64.